The molecule has 5 rings (SSSR count). The Labute approximate surface area is 251 Å². The fraction of sp³-hybridized carbons (Fsp3) is 0.265. The van der Waals surface area contributed by atoms with Gasteiger partial charge in [-0.1, -0.05) is 30.3 Å². The molecule has 1 aromatic heterocycles. The first-order chi connectivity index (χ1) is 21.0. The number of pyridine rings is 1. The lowest BCUT2D eigenvalue weighted by Gasteiger charge is -2.20. The van der Waals surface area contributed by atoms with E-state index in [1.165, 1.54) is 6.92 Å². The maximum Gasteiger partial charge on any atom is 0.216 e. The van der Waals surface area contributed by atoms with Gasteiger partial charge in [0.25, 0.3) is 0 Å². The quantitative estimate of drug-likeness (QED) is 0.224. The molecule has 9 heteroatoms. The molecule has 1 amide bonds. The number of nitrogens with zero attached hydrogens (tertiary/aromatic N) is 2. The first-order valence-electron chi connectivity index (χ1n) is 14.2. The van der Waals surface area contributed by atoms with Crippen molar-refractivity contribution in [1.82, 2.24) is 15.6 Å². The lowest BCUT2D eigenvalue weighted by atomic mass is 9.96. The predicted octanol–water partition coefficient (Wildman–Crippen LogP) is 5.08. The molecular formula is C34H34N4O5. The van der Waals surface area contributed by atoms with E-state index >= 15 is 0 Å². The molecule has 2 heterocycles. The highest BCUT2D eigenvalue weighted by atomic mass is 16.6. The van der Waals surface area contributed by atoms with E-state index < -0.39 is 0 Å². The van der Waals surface area contributed by atoms with Crippen molar-refractivity contribution >= 4 is 5.91 Å². The Kier molecular flexibility index (Phi) is 9.72. The van der Waals surface area contributed by atoms with Gasteiger partial charge >= 0.3 is 0 Å². The summed E-state index contributed by atoms with van der Waals surface area (Å²) in [7, 11) is 0. The number of rotatable bonds is 12. The van der Waals surface area contributed by atoms with Crippen molar-refractivity contribution in [2.24, 2.45) is 0 Å². The van der Waals surface area contributed by atoms with E-state index in [4.69, 9.17) is 18.9 Å². The molecular weight excluding hydrogens is 544 g/mol. The van der Waals surface area contributed by atoms with Gasteiger partial charge in [-0.05, 0) is 59.5 Å². The summed E-state index contributed by atoms with van der Waals surface area (Å²) in [5.74, 6) is 2.78. The van der Waals surface area contributed by atoms with Crippen LogP contribution in [0.2, 0.25) is 0 Å². The average molecular weight is 579 g/mol. The van der Waals surface area contributed by atoms with E-state index in [0.717, 1.165) is 39.3 Å². The van der Waals surface area contributed by atoms with Crippen molar-refractivity contribution in [3.63, 3.8) is 0 Å². The van der Waals surface area contributed by atoms with Crippen molar-refractivity contribution in [2.75, 3.05) is 26.3 Å². The highest BCUT2D eigenvalue weighted by Crippen LogP contribution is 2.36. The number of amides is 1. The highest BCUT2D eigenvalue weighted by molar-refractivity contribution is 5.73. The maximum absolute atomic E-state index is 11.2. The Hall–Kier alpha value is -5.07. The molecule has 9 nitrogen and oxygen atoms in total. The molecule has 0 bridgehead atoms. The SMILES string of the molecule is CC(=O)NCCNCc1ccc(OCc2cccc(-c3ccc4c(c3)OCCO4)c2C)cc1OCc1cc(C#N)ccn1. The number of ether oxygens (including phenoxy) is 4. The monoisotopic (exact) mass is 578 g/mol. The van der Waals surface area contributed by atoms with Crippen LogP contribution in [0.5, 0.6) is 23.0 Å². The third-order valence-electron chi connectivity index (χ3n) is 7.04. The Morgan fingerprint density at radius 3 is 2.65 bits per heavy atom. The fourth-order valence-corrected chi connectivity index (χ4v) is 4.76. The van der Waals surface area contributed by atoms with Crippen LogP contribution in [0.4, 0.5) is 0 Å². The molecule has 0 radical (unpaired) electrons. The number of hydrogen-bond acceptors (Lipinski definition) is 8. The van der Waals surface area contributed by atoms with Crippen LogP contribution in [0.1, 0.15) is 34.9 Å². The number of aromatic nitrogens is 1. The van der Waals surface area contributed by atoms with Crippen molar-refractivity contribution in [2.45, 2.75) is 33.6 Å². The van der Waals surface area contributed by atoms with E-state index in [1.54, 1.807) is 18.3 Å². The maximum atomic E-state index is 11.2. The topological polar surface area (TPSA) is 115 Å². The minimum absolute atomic E-state index is 0.0634. The Morgan fingerprint density at radius 1 is 0.953 bits per heavy atom. The van der Waals surface area contributed by atoms with Gasteiger partial charge in [-0.15, -0.1) is 0 Å². The number of hydrogen-bond donors (Lipinski definition) is 2. The molecule has 1 aliphatic rings. The first-order valence-corrected chi connectivity index (χ1v) is 14.2. The van der Waals surface area contributed by atoms with Crippen molar-refractivity contribution < 1.29 is 23.7 Å². The summed E-state index contributed by atoms with van der Waals surface area (Å²) in [6.07, 6.45) is 1.60. The smallest absolute Gasteiger partial charge is 0.216 e. The number of carbonyl (C=O) groups is 1. The molecule has 0 spiro atoms. The van der Waals surface area contributed by atoms with Crippen molar-refractivity contribution in [3.05, 3.63) is 101 Å². The standard InChI is InChI=1S/C34H34N4O5/c1-23-28(4-3-5-31(23)26-7-9-32-34(17-26)41-15-14-40-32)21-42-30-8-6-27(20-36-12-13-37-24(2)39)33(18-30)43-22-29-16-25(19-35)10-11-38-29/h3-11,16-18,36H,12-15,20-22H2,1-2H3,(H,37,39). The number of nitrogens with one attached hydrogen (secondary N) is 2. The largest absolute Gasteiger partial charge is 0.489 e. The molecule has 220 valence electrons. The van der Waals surface area contributed by atoms with Crippen molar-refractivity contribution in [3.8, 4) is 40.2 Å². The van der Waals surface area contributed by atoms with E-state index in [2.05, 4.69) is 40.7 Å². The van der Waals surface area contributed by atoms with Gasteiger partial charge in [0, 0.05) is 44.4 Å². The zero-order chi connectivity index (χ0) is 30.0. The molecule has 43 heavy (non-hydrogen) atoms. The fourth-order valence-electron chi connectivity index (χ4n) is 4.76. The Bertz CT molecular complexity index is 1630. The van der Waals surface area contributed by atoms with Gasteiger partial charge in [-0.2, -0.15) is 5.26 Å². The summed E-state index contributed by atoms with van der Waals surface area (Å²) in [6.45, 7) is 6.96. The summed E-state index contributed by atoms with van der Waals surface area (Å²) < 4.78 is 23.9. The lowest BCUT2D eigenvalue weighted by Crippen LogP contribution is -2.30. The van der Waals surface area contributed by atoms with Crippen LogP contribution in [0.15, 0.2) is 72.9 Å². The van der Waals surface area contributed by atoms with E-state index in [9.17, 15) is 10.1 Å². The van der Waals surface area contributed by atoms with Gasteiger partial charge in [-0.3, -0.25) is 9.78 Å². The van der Waals surface area contributed by atoms with E-state index in [-0.39, 0.29) is 12.5 Å². The molecule has 3 aromatic carbocycles. The zero-order valence-corrected chi connectivity index (χ0v) is 24.3. The lowest BCUT2D eigenvalue weighted by molar-refractivity contribution is -0.118. The minimum Gasteiger partial charge on any atom is -0.489 e. The number of carbonyl (C=O) groups excluding carboxylic acids is 1. The molecule has 0 fully saturated rings. The molecule has 2 N–H and O–H groups in total. The van der Waals surface area contributed by atoms with Crippen LogP contribution in [0.25, 0.3) is 11.1 Å². The van der Waals surface area contributed by atoms with Gasteiger partial charge < -0.3 is 29.6 Å². The van der Waals surface area contributed by atoms with Crippen LogP contribution in [-0.4, -0.2) is 37.2 Å². The van der Waals surface area contributed by atoms with Crippen LogP contribution < -0.4 is 29.6 Å². The second kappa shape index (κ2) is 14.2. The van der Waals surface area contributed by atoms with Crippen LogP contribution >= 0.6 is 0 Å². The second-order valence-corrected chi connectivity index (χ2v) is 10.1. The van der Waals surface area contributed by atoms with Gasteiger partial charge in [-0.25, -0.2) is 0 Å². The number of fused-ring (bicyclic) bond motifs is 1. The summed E-state index contributed by atoms with van der Waals surface area (Å²) in [5.41, 5.74) is 6.47. The summed E-state index contributed by atoms with van der Waals surface area (Å²) in [5, 5.41) is 15.3. The third kappa shape index (κ3) is 7.82. The van der Waals surface area contributed by atoms with E-state index in [0.29, 0.717) is 62.2 Å². The normalized spacial score (nSPS) is 11.8. The molecule has 0 saturated carbocycles. The average Bonchev–Trinajstić information content (AvgIpc) is 3.03. The summed E-state index contributed by atoms with van der Waals surface area (Å²) in [4.78, 5) is 15.5. The zero-order valence-electron chi connectivity index (χ0n) is 24.3. The third-order valence-corrected chi connectivity index (χ3v) is 7.04. The molecule has 0 aliphatic carbocycles. The molecule has 0 unspecified atom stereocenters. The van der Waals surface area contributed by atoms with Gasteiger partial charge in [0.05, 0.1) is 17.3 Å². The summed E-state index contributed by atoms with van der Waals surface area (Å²) >= 11 is 0. The molecule has 1 aliphatic heterocycles. The summed E-state index contributed by atoms with van der Waals surface area (Å²) in [6, 6.07) is 23.5. The van der Waals surface area contributed by atoms with Crippen LogP contribution in [-0.2, 0) is 24.6 Å². The molecule has 4 aromatic rings. The van der Waals surface area contributed by atoms with Crippen LogP contribution in [0.3, 0.4) is 0 Å². The second-order valence-electron chi connectivity index (χ2n) is 10.1. The van der Waals surface area contributed by atoms with Crippen LogP contribution in [0, 0.1) is 18.3 Å². The minimum atomic E-state index is -0.0634. The highest BCUT2D eigenvalue weighted by Gasteiger charge is 2.15. The first kappa shape index (κ1) is 29.4. The Balaban J connectivity index is 1.30. The number of nitriles is 1. The van der Waals surface area contributed by atoms with Gasteiger partial charge in [0.1, 0.15) is 37.9 Å². The predicted molar refractivity (Wildman–Crippen MR) is 162 cm³/mol. The van der Waals surface area contributed by atoms with Gasteiger partial charge in [0.2, 0.25) is 5.91 Å². The number of benzene rings is 3. The van der Waals surface area contributed by atoms with Crippen molar-refractivity contribution in [1.29, 1.82) is 5.26 Å². The Morgan fingerprint density at radius 2 is 1.81 bits per heavy atom. The molecule has 0 atom stereocenters. The van der Waals surface area contributed by atoms with Gasteiger partial charge in [0.15, 0.2) is 11.5 Å². The molecule has 0 saturated heterocycles. The van der Waals surface area contributed by atoms with E-state index in [1.807, 2.05) is 42.5 Å².